The van der Waals surface area contributed by atoms with E-state index in [1.807, 2.05) is 12.1 Å². The number of fused-ring (bicyclic) bond motifs is 1. The number of aromatic nitrogens is 1. The SMILES string of the molecule is SCCCCc1ccc2ccccc2n1. The third-order valence-electron chi connectivity index (χ3n) is 2.50. The minimum atomic E-state index is 0.966. The maximum absolute atomic E-state index is 4.62. The molecule has 0 aliphatic heterocycles. The van der Waals surface area contributed by atoms with E-state index < -0.39 is 0 Å². The van der Waals surface area contributed by atoms with Gasteiger partial charge >= 0.3 is 0 Å². The Bertz CT molecular complexity index is 439. The van der Waals surface area contributed by atoms with Gasteiger partial charge in [0.1, 0.15) is 0 Å². The van der Waals surface area contributed by atoms with Gasteiger partial charge in [-0.3, -0.25) is 4.98 Å². The van der Waals surface area contributed by atoms with Gasteiger partial charge in [-0.05, 0) is 37.1 Å². The lowest BCUT2D eigenvalue weighted by Gasteiger charge is -2.02. The van der Waals surface area contributed by atoms with Crippen molar-refractivity contribution in [3.05, 3.63) is 42.1 Å². The Balaban J connectivity index is 2.16. The molecule has 2 heteroatoms. The number of thiol groups is 1. The largest absolute Gasteiger partial charge is 0.253 e. The average molecular weight is 217 g/mol. The van der Waals surface area contributed by atoms with Crippen LogP contribution in [0.15, 0.2) is 36.4 Å². The van der Waals surface area contributed by atoms with Crippen LogP contribution >= 0.6 is 12.6 Å². The molecule has 0 amide bonds. The third kappa shape index (κ3) is 2.72. The molecule has 0 unspecified atom stereocenters. The van der Waals surface area contributed by atoms with Crippen molar-refractivity contribution in [2.45, 2.75) is 19.3 Å². The van der Waals surface area contributed by atoms with Gasteiger partial charge < -0.3 is 0 Å². The third-order valence-corrected chi connectivity index (χ3v) is 2.81. The molecule has 2 rings (SSSR count). The predicted molar refractivity (Wildman–Crippen MR) is 68.5 cm³/mol. The highest BCUT2D eigenvalue weighted by atomic mass is 32.1. The Kier molecular flexibility index (Phi) is 3.62. The van der Waals surface area contributed by atoms with Crippen LogP contribution in [0.4, 0.5) is 0 Å². The van der Waals surface area contributed by atoms with Crippen molar-refractivity contribution in [2.24, 2.45) is 0 Å². The number of aryl methyl sites for hydroxylation is 1. The first-order chi connectivity index (χ1) is 7.40. The number of para-hydroxylation sites is 1. The lowest BCUT2D eigenvalue weighted by atomic mass is 10.1. The molecule has 0 spiro atoms. The highest BCUT2D eigenvalue weighted by molar-refractivity contribution is 7.80. The number of hydrogen-bond acceptors (Lipinski definition) is 2. The minimum Gasteiger partial charge on any atom is -0.253 e. The summed E-state index contributed by atoms with van der Waals surface area (Å²) in [4.78, 5) is 4.62. The Morgan fingerprint density at radius 2 is 1.87 bits per heavy atom. The molecule has 1 aromatic carbocycles. The Labute approximate surface area is 95.9 Å². The van der Waals surface area contributed by atoms with E-state index in [4.69, 9.17) is 0 Å². The molecular weight excluding hydrogens is 202 g/mol. The Hall–Kier alpha value is -1.02. The van der Waals surface area contributed by atoms with Crippen molar-refractivity contribution in [3.8, 4) is 0 Å². The van der Waals surface area contributed by atoms with Crippen molar-refractivity contribution in [1.82, 2.24) is 4.98 Å². The van der Waals surface area contributed by atoms with Crippen LogP contribution in [-0.4, -0.2) is 10.7 Å². The fraction of sp³-hybridized carbons (Fsp3) is 0.308. The van der Waals surface area contributed by atoms with Gasteiger partial charge in [-0.2, -0.15) is 12.6 Å². The highest BCUT2D eigenvalue weighted by Gasteiger charge is 1.97. The second-order valence-electron chi connectivity index (χ2n) is 3.68. The molecule has 2 aromatic rings. The second kappa shape index (κ2) is 5.17. The summed E-state index contributed by atoms with van der Waals surface area (Å²) in [5.41, 5.74) is 2.29. The van der Waals surface area contributed by atoms with Gasteiger partial charge in [0, 0.05) is 11.1 Å². The monoisotopic (exact) mass is 217 g/mol. The first-order valence-corrected chi connectivity index (χ1v) is 5.99. The molecule has 0 saturated heterocycles. The van der Waals surface area contributed by atoms with Crippen LogP contribution in [0.5, 0.6) is 0 Å². The van der Waals surface area contributed by atoms with Crippen LogP contribution in [0.3, 0.4) is 0 Å². The van der Waals surface area contributed by atoms with Crippen LogP contribution in [0.1, 0.15) is 18.5 Å². The van der Waals surface area contributed by atoms with E-state index in [2.05, 4.69) is 41.9 Å². The molecule has 1 heterocycles. The standard InChI is InChI=1S/C13H15NS/c15-10-4-3-6-12-9-8-11-5-1-2-7-13(11)14-12/h1-2,5,7-9,15H,3-4,6,10H2. The van der Waals surface area contributed by atoms with Gasteiger partial charge in [0.25, 0.3) is 0 Å². The van der Waals surface area contributed by atoms with Gasteiger partial charge in [-0.1, -0.05) is 24.3 Å². The summed E-state index contributed by atoms with van der Waals surface area (Å²) in [7, 11) is 0. The molecular formula is C13H15NS. The average Bonchev–Trinajstić information content (AvgIpc) is 2.29. The van der Waals surface area contributed by atoms with Crippen LogP contribution in [0.25, 0.3) is 10.9 Å². The highest BCUT2D eigenvalue weighted by Crippen LogP contribution is 2.13. The fourth-order valence-corrected chi connectivity index (χ4v) is 1.89. The first-order valence-electron chi connectivity index (χ1n) is 5.36. The van der Waals surface area contributed by atoms with Crippen LogP contribution < -0.4 is 0 Å². The fourth-order valence-electron chi connectivity index (χ4n) is 1.67. The van der Waals surface area contributed by atoms with Gasteiger partial charge in [0.15, 0.2) is 0 Å². The summed E-state index contributed by atoms with van der Waals surface area (Å²) in [6, 6.07) is 12.5. The van der Waals surface area contributed by atoms with Gasteiger partial charge in [0.05, 0.1) is 5.52 Å². The molecule has 0 saturated carbocycles. The van der Waals surface area contributed by atoms with Crippen molar-refractivity contribution < 1.29 is 0 Å². The molecule has 78 valence electrons. The summed E-state index contributed by atoms with van der Waals surface area (Å²) in [6.45, 7) is 0. The quantitative estimate of drug-likeness (QED) is 0.611. The maximum atomic E-state index is 4.62. The zero-order valence-electron chi connectivity index (χ0n) is 8.69. The van der Waals surface area contributed by atoms with E-state index in [0.717, 1.165) is 24.1 Å². The molecule has 0 aliphatic carbocycles. The van der Waals surface area contributed by atoms with E-state index in [9.17, 15) is 0 Å². The van der Waals surface area contributed by atoms with Crippen LogP contribution in [0.2, 0.25) is 0 Å². The van der Waals surface area contributed by atoms with Crippen molar-refractivity contribution in [2.75, 3.05) is 5.75 Å². The molecule has 0 atom stereocenters. The van der Waals surface area contributed by atoms with Gasteiger partial charge in [-0.25, -0.2) is 0 Å². The molecule has 1 nitrogen and oxygen atoms in total. The number of unbranched alkanes of at least 4 members (excludes halogenated alkanes) is 1. The minimum absolute atomic E-state index is 0.966. The van der Waals surface area contributed by atoms with E-state index in [0.29, 0.717) is 0 Å². The normalized spacial score (nSPS) is 10.7. The summed E-state index contributed by atoms with van der Waals surface area (Å²) in [6.07, 6.45) is 3.40. The lowest BCUT2D eigenvalue weighted by molar-refractivity contribution is 0.788. The van der Waals surface area contributed by atoms with E-state index in [1.165, 1.54) is 17.5 Å². The van der Waals surface area contributed by atoms with Crippen molar-refractivity contribution >= 4 is 23.5 Å². The molecule has 0 N–H and O–H groups in total. The summed E-state index contributed by atoms with van der Waals surface area (Å²) in [5.74, 6) is 0.966. The molecule has 0 bridgehead atoms. The maximum Gasteiger partial charge on any atom is 0.0705 e. The molecule has 15 heavy (non-hydrogen) atoms. The van der Waals surface area contributed by atoms with E-state index in [-0.39, 0.29) is 0 Å². The Morgan fingerprint density at radius 3 is 2.73 bits per heavy atom. The van der Waals surface area contributed by atoms with E-state index >= 15 is 0 Å². The predicted octanol–water partition coefficient (Wildman–Crippen LogP) is 3.49. The van der Waals surface area contributed by atoms with Crippen molar-refractivity contribution in [3.63, 3.8) is 0 Å². The number of hydrogen-bond donors (Lipinski definition) is 1. The van der Waals surface area contributed by atoms with Gasteiger partial charge in [0.2, 0.25) is 0 Å². The topological polar surface area (TPSA) is 12.9 Å². The van der Waals surface area contributed by atoms with E-state index in [1.54, 1.807) is 0 Å². The van der Waals surface area contributed by atoms with Crippen LogP contribution in [0, 0.1) is 0 Å². The second-order valence-corrected chi connectivity index (χ2v) is 4.12. The zero-order valence-corrected chi connectivity index (χ0v) is 9.58. The number of benzene rings is 1. The smallest absolute Gasteiger partial charge is 0.0705 e. The summed E-state index contributed by atoms with van der Waals surface area (Å²) in [5, 5.41) is 1.22. The number of nitrogens with zero attached hydrogens (tertiary/aromatic N) is 1. The van der Waals surface area contributed by atoms with Crippen molar-refractivity contribution in [1.29, 1.82) is 0 Å². The zero-order chi connectivity index (χ0) is 10.5. The molecule has 0 fully saturated rings. The molecule has 1 aromatic heterocycles. The van der Waals surface area contributed by atoms with Gasteiger partial charge in [-0.15, -0.1) is 0 Å². The number of rotatable bonds is 4. The Morgan fingerprint density at radius 1 is 1.00 bits per heavy atom. The summed E-state index contributed by atoms with van der Waals surface area (Å²) < 4.78 is 0. The molecule has 0 radical (unpaired) electrons. The summed E-state index contributed by atoms with van der Waals surface area (Å²) >= 11 is 4.21. The number of pyridine rings is 1. The lowest BCUT2D eigenvalue weighted by Crippen LogP contribution is -1.91. The van der Waals surface area contributed by atoms with Crippen LogP contribution in [-0.2, 0) is 6.42 Å². The first kappa shape index (κ1) is 10.5. The molecule has 0 aliphatic rings.